The van der Waals surface area contributed by atoms with Crippen molar-refractivity contribution >= 4 is 29.2 Å². The van der Waals surface area contributed by atoms with Crippen molar-refractivity contribution in [3.63, 3.8) is 0 Å². The lowest BCUT2D eigenvalue weighted by molar-refractivity contribution is 0.782. The molecule has 0 aliphatic heterocycles. The first kappa shape index (κ1) is 15.5. The third-order valence-corrected chi connectivity index (χ3v) is 3.85. The molecule has 21 heavy (non-hydrogen) atoms. The van der Waals surface area contributed by atoms with Crippen molar-refractivity contribution in [2.45, 2.75) is 26.3 Å². The molecule has 7 nitrogen and oxygen atoms in total. The Morgan fingerprint density at radius 2 is 1.95 bits per heavy atom. The zero-order valence-electron chi connectivity index (χ0n) is 12.7. The second-order valence-electron chi connectivity index (χ2n) is 5.08. The number of hydrogen-bond acceptors (Lipinski definition) is 8. The molecule has 0 aliphatic rings. The molecule has 2 aromatic heterocycles. The van der Waals surface area contributed by atoms with Crippen LogP contribution in [0.4, 0.5) is 17.8 Å². The molecule has 2 rings (SSSR count). The molecule has 0 aliphatic carbocycles. The molecule has 2 heterocycles. The smallest absolute Gasteiger partial charge is 0.243 e. The molecule has 0 radical (unpaired) electrons. The zero-order chi connectivity index (χ0) is 15.4. The largest absolute Gasteiger partial charge is 0.351 e. The number of hydrazine groups is 1. The lowest BCUT2D eigenvalue weighted by atomic mass is 10.2. The van der Waals surface area contributed by atoms with E-state index in [0.29, 0.717) is 17.8 Å². The van der Waals surface area contributed by atoms with E-state index in [2.05, 4.69) is 51.7 Å². The fraction of sp³-hybridized carbons (Fsp3) is 0.462. The minimum atomic E-state index is 0.214. The van der Waals surface area contributed by atoms with Gasteiger partial charge in [-0.05, 0) is 26.0 Å². The highest BCUT2D eigenvalue weighted by molar-refractivity contribution is 7.11. The van der Waals surface area contributed by atoms with Crippen LogP contribution in [0, 0.1) is 6.92 Å². The number of nitrogens with zero attached hydrogens (tertiary/aromatic N) is 4. The zero-order valence-corrected chi connectivity index (χ0v) is 13.5. The number of aromatic nitrogens is 3. The molecule has 0 aromatic carbocycles. The molecule has 0 fully saturated rings. The highest BCUT2D eigenvalue weighted by Crippen LogP contribution is 2.18. The van der Waals surface area contributed by atoms with E-state index in [1.54, 1.807) is 4.90 Å². The summed E-state index contributed by atoms with van der Waals surface area (Å²) in [5.41, 5.74) is 2.46. The summed E-state index contributed by atoms with van der Waals surface area (Å²) in [5, 5.41) is 3.29. The molecule has 8 heteroatoms. The number of nitrogens with two attached hydrogens (primary N) is 1. The van der Waals surface area contributed by atoms with Gasteiger partial charge in [0.25, 0.3) is 0 Å². The van der Waals surface area contributed by atoms with E-state index in [1.807, 2.05) is 25.4 Å². The predicted molar refractivity (Wildman–Crippen MR) is 87.8 cm³/mol. The van der Waals surface area contributed by atoms with Crippen molar-refractivity contribution in [1.82, 2.24) is 15.0 Å². The number of rotatable bonds is 6. The quantitative estimate of drug-likeness (QED) is 0.552. The minimum Gasteiger partial charge on any atom is -0.351 e. The Kier molecular flexibility index (Phi) is 4.92. The van der Waals surface area contributed by atoms with Crippen molar-refractivity contribution in [2.24, 2.45) is 5.84 Å². The Labute approximate surface area is 128 Å². The molecule has 0 saturated heterocycles. The molecule has 1 unspecified atom stereocenters. The van der Waals surface area contributed by atoms with E-state index in [9.17, 15) is 0 Å². The summed E-state index contributed by atoms with van der Waals surface area (Å²) < 4.78 is 0. The molecule has 0 bridgehead atoms. The number of thiophene rings is 1. The van der Waals surface area contributed by atoms with Crippen molar-refractivity contribution < 1.29 is 0 Å². The Hall–Kier alpha value is -1.93. The first-order valence-electron chi connectivity index (χ1n) is 6.70. The molecule has 114 valence electrons. The normalized spacial score (nSPS) is 12.0. The van der Waals surface area contributed by atoms with E-state index in [4.69, 9.17) is 5.84 Å². The van der Waals surface area contributed by atoms with Crippen LogP contribution in [-0.4, -0.2) is 35.1 Å². The van der Waals surface area contributed by atoms with E-state index in [0.717, 1.165) is 6.42 Å². The first-order valence-corrected chi connectivity index (χ1v) is 7.51. The Morgan fingerprint density at radius 3 is 2.52 bits per heavy atom. The van der Waals surface area contributed by atoms with Crippen LogP contribution in [-0.2, 0) is 6.42 Å². The van der Waals surface area contributed by atoms with Gasteiger partial charge >= 0.3 is 0 Å². The summed E-state index contributed by atoms with van der Waals surface area (Å²) in [6.45, 7) is 4.21. The molecular formula is C13H21N7S. The van der Waals surface area contributed by atoms with Gasteiger partial charge in [0, 0.05) is 36.3 Å². The summed E-state index contributed by atoms with van der Waals surface area (Å²) in [6.07, 6.45) is 0.923. The van der Waals surface area contributed by atoms with Crippen LogP contribution in [0.25, 0.3) is 0 Å². The maximum atomic E-state index is 5.40. The number of anilines is 3. The van der Waals surface area contributed by atoms with Crippen LogP contribution in [0.3, 0.4) is 0 Å². The van der Waals surface area contributed by atoms with Gasteiger partial charge in [0.05, 0.1) is 0 Å². The summed E-state index contributed by atoms with van der Waals surface area (Å²) in [5.74, 6) is 6.81. The minimum absolute atomic E-state index is 0.214. The van der Waals surface area contributed by atoms with Crippen molar-refractivity contribution in [3.05, 3.63) is 21.9 Å². The number of aryl methyl sites for hydroxylation is 1. The second-order valence-corrected chi connectivity index (χ2v) is 6.46. The first-order chi connectivity index (χ1) is 9.97. The van der Waals surface area contributed by atoms with Gasteiger partial charge in [-0.3, -0.25) is 5.43 Å². The van der Waals surface area contributed by atoms with Gasteiger partial charge in [0.1, 0.15) is 0 Å². The SMILES string of the molecule is Cc1ccc(CC(C)Nc2nc(NN)nc(N(C)C)n2)s1. The van der Waals surface area contributed by atoms with Gasteiger partial charge in [-0.15, -0.1) is 11.3 Å². The monoisotopic (exact) mass is 307 g/mol. The fourth-order valence-electron chi connectivity index (χ4n) is 1.86. The predicted octanol–water partition coefficient (Wildman–Crippen LogP) is 1.64. The second kappa shape index (κ2) is 6.68. The van der Waals surface area contributed by atoms with Gasteiger partial charge in [0.15, 0.2) is 0 Å². The number of nitrogens with one attached hydrogen (secondary N) is 2. The molecule has 0 spiro atoms. The lowest BCUT2D eigenvalue weighted by Crippen LogP contribution is -2.23. The van der Waals surface area contributed by atoms with Crippen LogP contribution >= 0.6 is 11.3 Å². The lowest BCUT2D eigenvalue weighted by Gasteiger charge is -2.16. The average Bonchev–Trinajstić information content (AvgIpc) is 2.83. The van der Waals surface area contributed by atoms with E-state index in [1.165, 1.54) is 9.75 Å². The fourth-order valence-corrected chi connectivity index (χ4v) is 2.88. The number of nitrogen functional groups attached to an aromatic ring is 1. The van der Waals surface area contributed by atoms with Crippen LogP contribution in [0.15, 0.2) is 12.1 Å². The standard InChI is InChI=1S/C13H21N7S/c1-8(7-10-6-5-9(2)21-10)15-11-16-12(19-14)18-13(17-11)20(3)4/h5-6,8H,7,14H2,1-4H3,(H2,15,16,17,18,19). The third-order valence-electron chi connectivity index (χ3n) is 2.83. The van der Waals surface area contributed by atoms with Gasteiger partial charge in [-0.2, -0.15) is 15.0 Å². The van der Waals surface area contributed by atoms with Crippen LogP contribution in [0.5, 0.6) is 0 Å². The number of hydrogen-bond donors (Lipinski definition) is 3. The van der Waals surface area contributed by atoms with Gasteiger partial charge in [-0.25, -0.2) is 5.84 Å². The molecule has 4 N–H and O–H groups in total. The van der Waals surface area contributed by atoms with Gasteiger partial charge in [0.2, 0.25) is 17.8 Å². The molecule has 0 saturated carbocycles. The van der Waals surface area contributed by atoms with Crippen LogP contribution in [0.1, 0.15) is 16.7 Å². The Bertz CT molecular complexity index is 596. The van der Waals surface area contributed by atoms with Crippen molar-refractivity contribution in [1.29, 1.82) is 0 Å². The van der Waals surface area contributed by atoms with E-state index >= 15 is 0 Å². The highest BCUT2D eigenvalue weighted by Gasteiger charge is 2.11. The van der Waals surface area contributed by atoms with Crippen molar-refractivity contribution in [2.75, 3.05) is 29.7 Å². The Morgan fingerprint density at radius 1 is 1.24 bits per heavy atom. The maximum Gasteiger partial charge on any atom is 0.243 e. The molecular weight excluding hydrogens is 286 g/mol. The maximum absolute atomic E-state index is 5.40. The highest BCUT2D eigenvalue weighted by atomic mass is 32.1. The average molecular weight is 307 g/mol. The molecule has 1 atom stereocenters. The molecule has 0 amide bonds. The van der Waals surface area contributed by atoms with E-state index in [-0.39, 0.29) is 6.04 Å². The summed E-state index contributed by atoms with van der Waals surface area (Å²) >= 11 is 1.81. The summed E-state index contributed by atoms with van der Waals surface area (Å²) in [4.78, 5) is 17.2. The topological polar surface area (TPSA) is 92.0 Å². The van der Waals surface area contributed by atoms with Gasteiger partial charge < -0.3 is 10.2 Å². The van der Waals surface area contributed by atoms with Crippen LogP contribution < -0.4 is 21.5 Å². The van der Waals surface area contributed by atoms with E-state index < -0.39 is 0 Å². The van der Waals surface area contributed by atoms with Crippen molar-refractivity contribution in [3.8, 4) is 0 Å². The Balaban J connectivity index is 2.09. The van der Waals surface area contributed by atoms with Crippen LogP contribution in [0.2, 0.25) is 0 Å². The summed E-state index contributed by atoms with van der Waals surface area (Å²) in [6, 6.07) is 4.51. The van der Waals surface area contributed by atoms with Gasteiger partial charge in [-0.1, -0.05) is 0 Å². The molecule has 2 aromatic rings. The third kappa shape index (κ3) is 4.27. The summed E-state index contributed by atoms with van der Waals surface area (Å²) in [7, 11) is 3.74.